The Hall–Kier alpha value is -2.40. The van der Waals surface area contributed by atoms with E-state index in [4.69, 9.17) is 11.1 Å². The number of hydrogen-bond acceptors (Lipinski definition) is 5. The normalized spacial score (nSPS) is 16.1. The van der Waals surface area contributed by atoms with Crippen molar-refractivity contribution in [3.05, 3.63) is 42.1 Å². The van der Waals surface area contributed by atoms with Crippen LogP contribution in [0.1, 0.15) is 25.3 Å². The second-order valence-corrected chi connectivity index (χ2v) is 6.58. The van der Waals surface area contributed by atoms with Crippen LogP contribution in [0, 0.1) is 5.41 Å². The Morgan fingerprint density at radius 1 is 1.25 bits per heavy atom. The lowest BCUT2D eigenvalue weighted by Crippen LogP contribution is -2.36. The van der Waals surface area contributed by atoms with E-state index in [1.165, 1.54) is 12.8 Å². The molecule has 3 rings (SSSR count). The quantitative estimate of drug-likeness (QED) is 0.755. The zero-order chi connectivity index (χ0) is 17.1. The molecule has 2 heterocycles. The van der Waals surface area contributed by atoms with Crippen LogP contribution in [-0.2, 0) is 0 Å². The van der Waals surface area contributed by atoms with E-state index in [-0.39, 0.29) is 0 Å². The molecule has 1 fully saturated rings. The molecule has 1 aromatic carbocycles. The highest BCUT2D eigenvalue weighted by Crippen LogP contribution is 2.26. The van der Waals surface area contributed by atoms with Crippen molar-refractivity contribution in [1.29, 1.82) is 5.41 Å². The summed E-state index contributed by atoms with van der Waals surface area (Å²) in [5, 5.41) is 11.5. The Bertz CT molecular complexity index is 732. The topological polar surface area (TPSA) is 78.0 Å². The van der Waals surface area contributed by atoms with E-state index in [2.05, 4.69) is 46.5 Å². The highest BCUT2D eigenvalue weighted by Gasteiger charge is 2.16. The number of nitrogen functional groups attached to an aromatic ring is 1. The summed E-state index contributed by atoms with van der Waals surface area (Å²) in [5.74, 6) is 0.409. The third-order valence-corrected chi connectivity index (χ3v) is 4.61. The first-order valence-corrected chi connectivity index (χ1v) is 8.39. The lowest BCUT2D eigenvalue weighted by Gasteiger charge is -2.30. The second-order valence-electron chi connectivity index (χ2n) is 6.58. The summed E-state index contributed by atoms with van der Waals surface area (Å²) in [7, 11) is 2.17. The first-order valence-electron chi connectivity index (χ1n) is 8.39. The number of nitrogens with zero attached hydrogens (tertiary/aromatic N) is 2. The minimum Gasteiger partial charge on any atom is -0.383 e. The average Bonchev–Trinajstić information content (AvgIpc) is 2.57. The number of rotatable bonds is 4. The van der Waals surface area contributed by atoms with Gasteiger partial charge in [-0.15, -0.1) is 0 Å². The van der Waals surface area contributed by atoms with Crippen molar-refractivity contribution in [3.8, 4) is 11.1 Å². The number of aromatic nitrogens is 1. The van der Waals surface area contributed by atoms with E-state index in [1.54, 1.807) is 13.1 Å². The van der Waals surface area contributed by atoms with Gasteiger partial charge in [0.2, 0.25) is 0 Å². The van der Waals surface area contributed by atoms with Gasteiger partial charge in [0.25, 0.3) is 0 Å². The minimum absolute atomic E-state index is 0.409. The number of likely N-dealkylation sites (tertiary alicyclic amines) is 1. The SMILES string of the molecule is CC(=N)c1cc(-c2cccc(NC3CCN(C)CC3)c2)cnc1N. The average molecular weight is 323 g/mol. The fourth-order valence-corrected chi connectivity index (χ4v) is 3.11. The molecule has 0 radical (unpaired) electrons. The molecule has 24 heavy (non-hydrogen) atoms. The molecule has 0 amide bonds. The lowest BCUT2D eigenvalue weighted by atomic mass is 10.0. The molecule has 0 bridgehead atoms. The van der Waals surface area contributed by atoms with Crippen LogP contribution < -0.4 is 11.1 Å². The number of piperidine rings is 1. The molecule has 1 aliphatic rings. The number of anilines is 2. The van der Waals surface area contributed by atoms with Crippen molar-refractivity contribution in [2.75, 3.05) is 31.2 Å². The number of hydrogen-bond donors (Lipinski definition) is 3. The predicted octanol–water partition coefficient (Wildman–Crippen LogP) is 3.22. The molecule has 0 saturated carbocycles. The van der Waals surface area contributed by atoms with E-state index < -0.39 is 0 Å². The third kappa shape index (κ3) is 3.74. The number of benzene rings is 1. The van der Waals surface area contributed by atoms with Crippen LogP contribution in [0.3, 0.4) is 0 Å². The minimum atomic E-state index is 0.409. The third-order valence-electron chi connectivity index (χ3n) is 4.61. The largest absolute Gasteiger partial charge is 0.383 e. The van der Waals surface area contributed by atoms with Crippen LogP contribution in [0.25, 0.3) is 11.1 Å². The number of pyridine rings is 1. The second kappa shape index (κ2) is 7.01. The zero-order valence-electron chi connectivity index (χ0n) is 14.3. The van der Waals surface area contributed by atoms with Gasteiger partial charge in [0.1, 0.15) is 5.82 Å². The summed E-state index contributed by atoms with van der Waals surface area (Å²) < 4.78 is 0. The van der Waals surface area contributed by atoms with Gasteiger partial charge in [0, 0.05) is 34.8 Å². The van der Waals surface area contributed by atoms with Gasteiger partial charge in [-0.3, -0.25) is 0 Å². The van der Waals surface area contributed by atoms with Crippen LogP contribution >= 0.6 is 0 Å². The van der Waals surface area contributed by atoms with E-state index in [9.17, 15) is 0 Å². The number of nitrogens with one attached hydrogen (secondary N) is 2. The molecule has 1 aliphatic heterocycles. The van der Waals surface area contributed by atoms with E-state index in [0.717, 1.165) is 29.9 Å². The maximum atomic E-state index is 7.83. The highest BCUT2D eigenvalue weighted by atomic mass is 15.1. The maximum Gasteiger partial charge on any atom is 0.132 e. The van der Waals surface area contributed by atoms with E-state index >= 15 is 0 Å². The molecule has 1 aromatic heterocycles. The molecule has 5 nitrogen and oxygen atoms in total. The van der Waals surface area contributed by atoms with Gasteiger partial charge in [-0.2, -0.15) is 0 Å². The monoisotopic (exact) mass is 323 g/mol. The van der Waals surface area contributed by atoms with Crippen molar-refractivity contribution >= 4 is 17.2 Å². The van der Waals surface area contributed by atoms with Crippen LogP contribution in [0.4, 0.5) is 11.5 Å². The summed E-state index contributed by atoms with van der Waals surface area (Å²) in [6, 6.07) is 10.8. The first kappa shape index (κ1) is 16.5. The van der Waals surface area contributed by atoms with Gasteiger partial charge in [-0.05, 0) is 63.7 Å². The van der Waals surface area contributed by atoms with Gasteiger partial charge in [-0.1, -0.05) is 12.1 Å². The molecule has 0 unspecified atom stereocenters. The summed E-state index contributed by atoms with van der Waals surface area (Å²) in [5.41, 5.74) is 10.2. The van der Waals surface area contributed by atoms with Crippen molar-refractivity contribution in [3.63, 3.8) is 0 Å². The van der Waals surface area contributed by atoms with E-state index in [1.807, 2.05) is 6.07 Å². The van der Waals surface area contributed by atoms with Crippen LogP contribution in [0.15, 0.2) is 36.5 Å². The van der Waals surface area contributed by atoms with Gasteiger partial charge >= 0.3 is 0 Å². The molecule has 2 aromatic rings. The van der Waals surface area contributed by atoms with Crippen molar-refractivity contribution in [2.45, 2.75) is 25.8 Å². The summed E-state index contributed by atoms with van der Waals surface area (Å²) in [4.78, 5) is 6.61. The molecule has 0 spiro atoms. The van der Waals surface area contributed by atoms with Crippen LogP contribution in [0.5, 0.6) is 0 Å². The van der Waals surface area contributed by atoms with Crippen molar-refractivity contribution < 1.29 is 0 Å². The fourth-order valence-electron chi connectivity index (χ4n) is 3.11. The predicted molar refractivity (Wildman–Crippen MR) is 101 cm³/mol. The van der Waals surface area contributed by atoms with Crippen molar-refractivity contribution in [1.82, 2.24) is 9.88 Å². The molecule has 5 heteroatoms. The summed E-state index contributed by atoms with van der Waals surface area (Å²) >= 11 is 0. The van der Waals surface area contributed by atoms with Gasteiger partial charge < -0.3 is 21.4 Å². The lowest BCUT2D eigenvalue weighted by molar-refractivity contribution is 0.264. The Kier molecular flexibility index (Phi) is 4.81. The standard InChI is InChI=1S/C19H25N5/c1-13(20)18-11-15(12-22-19(18)21)14-4-3-5-17(10-14)23-16-6-8-24(2)9-7-16/h3-5,10-12,16,20,23H,6-9H2,1-2H3,(H2,21,22). The molecular formula is C19H25N5. The summed E-state index contributed by atoms with van der Waals surface area (Å²) in [6.07, 6.45) is 4.11. The fraction of sp³-hybridized carbons (Fsp3) is 0.368. The highest BCUT2D eigenvalue weighted by molar-refractivity contribution is 6.01. The van der Waals surface area contributed by atoms with Crippen LogP contribution in [-0.4, -0.2) is 41.8 Å². The Labute approximate surface area is 143 Å². The molecule has 1 saturated heterocycles. The van der Waals surface area contributed by atoms with Gasteiger partial charge in [0.15, 0.2) is 0 Å². The Morgan fingerprint density at radius 3 is 2.71 bits per heavy atom. The molecule has 0 aliphatic carbocycles. The molecule has 4 N–H and O–H groups in total. The molecular weight excluding hydrogens is 298 g/mol. The maximum absolute atomic E-state index is 7.83. The van der Waals surface area contributed by atoms with Gasteiger partial charge in [-0.25, -0.2) is 4.98 Å². The molecule has 0 atom stereocenters. The Balaban J connectivity index is 1.80. The molecule has 126 valence electrons. The number of nitrogens with two attached hydrogens (primary N) is 1. The van der Waals surface area contributed by atoms with Crippen LogP contribution in [0.2, 0.25) is 0 Å². The first-order chi connectivity index (χ1) is 11.5. The summed E-state index contributed by atoms with van der Waals surface area (Å²) in [6.45, 7) is 4.01. The zero-order valence-corrected chi connectivity index (χ0v) is 14.3. The Morgan fingerprint density at radius 2 is 2.00 bits per heavy atom. The smallest absolute Gasteiger partial charge is 0.132 e. The van der Waals surface area contributed by atoms with E-state index in [0.29, 0.717) is 23.1 Å². The van der Waals surface area contributed by atoms with Crippen molar-refractivity contribution in [2.24, 2.45) is 0 Å². The van der Waals surface area contributed by atoms with Gasteiger partial charge in [0.05, 0.1) is 0 Å².